The largest absolute Gasteiger partial charge is 0.377 e. The average Bonchev–Trinajstić information content (AvgIpc) is 2.44. The zero-order valence-corrected chi connectivity index (χ0v) is 12.2. The number of nitrogens with one attached hydrogen (secondary N) is 1. The number of hydrogen-bond donors (Lipinski definition) is 1. The summed E-state index contributed by atoms with van der Waals surface area (Å²) in [7, 11) is 2.21. The first-order valence-electron chi connectivity index (χ1n) is 7.36. The van der Waals surface area contributed by atoms with Crippen LogP contribution in [0.5, 0.6) is 0 Å². The molecule has 3 nitrogen and oxygen atoms in total. The smallest absolute Gasteiger partial charge is 0.0719 e. The Morgan fingerprint density at radius 3 is 2.84 bits per heavy atom. The van der Waals surface area contributed by atoms with Crippen molar-refractivity contribution >= 4 is 0 Å². The minimum absolute atomic E-state index is 0.624. The Morgan fingerprint density at radius 2 is 2.11 bits per heavy atom. The molecule has 1 N–H and O–H groups in total. The molecule has 0 aliphatic carbocycles. The van der Waals surface area contributed by atoms with Crippen LogP contribution in [0, 0.1) is 0 Å². The molecule has 0 saturated carbocycles. The van der Waals surface area contributed by atoms with Crippen molar-refractivity contribution in [1.29, 1.82) is 0 Å². The molecule has 1 fully saturated rings. The van der Waals surface area contributed by atoms with Gasteiger partial charge in [0.05, 0.1) is 6.61 Å². The monoisotopic (exact) mass is 262 g/mol. The van der Waals surface area contributed by atoms with E-state index in [1.807, 2.05) is 6.92 Å². The maximum absolute atomic E-state index is 5.53. The SMILES string of the molecule is CCOCc1ccccc1CNC1CCCN(C)C1. The number of likely N-dealkylation sites (tertiary alicyclic amines) is 1. The van der Waals surface area contributed by atoms with Gasteiger partial charge in [-0.05, 0) is 44.5 Å². The van der Waals surface area contributed by atoms with Gasteiger partial charge < -0.3 is 15.0 Å². The number of piperidine rings is 1. The van der Waals surface area contributed by atoms with Gasteiger partial charge in [-0.2, -0.15) is 0 Å². The summed E-state index contributed by atoms with van der Waals surface area (Å²) in [4.78, 5) is 2.41. The fourth-order valence-corrected chi connectivity index (χ4v) is 2.67. The molecule has 1 aromatic carbocycles. The van der Waals surface area contributed by atoms with E-state index < -0.39 is 0 Å². The van der Waals surface area contributed by atoms with E-state index in [4.69, 9.17) is 4.74 Å². The molecule has 2 rings (SSSR count). The molecule has 1 unspecified atom stereocenters. The number of rotatable bonds is 6. The fourth-order valence-electron chi connectivity index (χ4n) is 2.67. The number of hydrogen-bond acceptors (Lipinski definition) is 3. The molecule has 1 aromatic rings. The Kier molecular flexibility index (Phi) is 5.83. The van der Waals surface area contributed by atoms with E-state index in [9.17, 15) is 0 Å². The third-order valence-electron chi connectivity index (χ3n) is 3.79. The minimum Gasteiger partial charge on any atom is -0.377 e. The Morgan fingerprint density at radius 1 is 1.32 bits per heavy atom. The quantitative estimate of drug-likeness (QED) is 0.852. The van der Waals surface area contributed by atoms with Gasteiger partial charge in [0.2, 0.25) is 0 Å². The molecule has 0 amide bonds. The van der Waals surface area contributed by atoms with Crippen molar-refractivity contribution in [1.82, 2.24) is 10.2 Å². The summed E-state index contributed by atoms with van der Waals surface area (Å²) < 4.78 is 5.53. The summed E-state index contributed by atoms with van der Waals surface area (Å²) in [5.41, 5.74) is 2.67. The maximum Gasteiger partial charge on any atom is 0.0719 e. The van der Waals surface area contributed by atoms with Gasteiger partial charge in [-0.25, -0.2) is 0 Å². The molecule has 1 atom stereocenters. The highest BCUT2D eigenvalue weighted by molar-refractivity contribution is 5.26. The van der Waals surface area contributed by atoms with Crippen LogP contribution in [-0.4, -0.2) is 37.7 Å². The molecule has 1 heterocycles. The predicted octanol–water partition coefficient (Wildman–Crippen LogP) is 2.41. The van der Waals surface area contributed by atoms with Crippen molar-refractivity contribution in [3.8, 4) is 0 Å². The molecule has 1 saturated heterocycles. The van der Waals surface area contributed by atoms with Crippen molar-refractivity contribution in [2.75, 3.05) is 26.7 Å². The molecule has 0 spiro atoms. The average molecular weight is 262 g/mol. The summed E-state index contributed by atoms with van der Waals surface area (Å²) in [6, 6.07) is 9.19. The molecular weight excluding hydrogens is 236 g/mol. The normalized spacial score (nSPS) is 20.6. The second-order valence-electron chi connectivity index (χ2n) is 5.39. The summed E-state index contributed by atoms with van der Waals surface area (Å²) in [5, 5.41) is 3.69. The Balaban J connectivity index is 1.87. The van der Waals surface area contributed by atoms with Crippen LogP contribution < -0.4 is 5.32 Å². The second kappa shape index (κ2) is 7.63. The maximum atomic E-state index is 5.53. The first-order valence-corrected chi connectivity index (χ1v) is 7.36. The molecule has 0 bridgehead atoms. The molecule has 0 radical (unpaired) electrons. The summed E-state index contributed by atoms with van der Waals surface area (Å²) >= 11 is 0. The van der Waals surface area contributed by atoms with Crippen molar-refractivity contribution < 1.29 is 4.74 Å². The lowest BCUT2D eigenvalue weighted by atomic mass is 10.0. The number of benzene rings is 1. The Hall–Kier alpha value is -0.900. The number of nitrogens with zero attached hydrogens (tertiary/aromatic N) is 1. The van der Waals surface area contributed by atoms with E-state index >= 15 is 0 Å². The second-order valence-corrected chi connectivity index (χ2v) is 5.39. The van der Waals surface area contributed by atoms with E-state index in [2.05, 4.69) is 41.5 Å². The predicted molar refractivity (Wildman–Crippen MR) is 79.1 cm³/mol. The van der Waals surface area contributed by atoms with Crippen molar-refractivity contribution in [3.63, 3.8) is 0 Å². The molecule has 1 aliphatic rings. The zero-order chi connectivity index (χ0) is 13.5. The van der Waals surface area contributed by atoms with Gasteiger partial charge in [0.25, 0.3) is 0 Å². The highest BCUT2D eigenvalue weighted by Gasteiger charge is 2.16. The highest BCUT2D eigenvalue weighted by atomic mass is 16.5. The minimum atomic E-state index is 0.624. The van der Waals surface area contributed by atoms with E-state index in [1.165, 1.54) is 30.5 Å². The van der Waals surface area contributed by atoms with E-state index in [1.54, 1.807) is 0 Å². The van der Waals surface area contributed by atoms with Gasteiger partial charge in [-0.3, -0.25) is 0 Å². The molecule has 0 aromatic heterocycles. The lowest BCUT2D eigenvalue weighted by molar-refractivity contribution is 0.133. The standard InChI is InChI=1S/C16H26N2O/c1-3-19-13-15-8-5-4-7-14(15)11-17-16-9-6-10-18(2)12-16/h4-5,7-8,16-17H,3,6,9-13H2,1-2H3. The first-order chi connectivity index (χ1) is 9.29. The lowest BCUT2D eigenvalue weighted by Gasteiger charge is -2.30. The van der Waals surface area contributed by atoms with E-state index in [0.29, 0.717) is 6.04 Å². The third kappa shape index (κ3) is 4.60. The lowest BCUT2D eigenvalue weighted by Crippen LogP contribution is -2.43. The van der Waals surface area contributed by atoms with Crippen LogP contribution >= 0.6 is 0 Å². The van der Waals surface area contributed by atoms with E-state index in [0.717, 1.165) is 26.3 Å². The van der Waals surface area contributed by atoms with Crippen LogP contribution in [0.25, 0.3) is 0 Å². The van der Waals surface area contributed by atoms with Gasteiger partial charge in [0.1, 0.15) is 0 Å². The number of ether oxygens (including phenoxy) is 1. The summed E-state index contributed by atoms with van der Waals surface area (Å²) in [5.74, 6) is 0. The summed E-state index contributed by atoms with van der Waals surface area (Å²) in [6.45, 7) is 6.88. The van der Waals surface area contributed by atoms with Crippen LogP contribution in [0.1, 0.15) is 30.9 Å². The van der Waals surface area contributed by atoms with E-state index in [-0.39, 0.29) is 0 Å². The van der Waals surface area contributed by atoms with Gasteiger partial charge in [-0.15, -0.1) is 0 Å². The highest BCUT2D eigenvalue weighted by Crippen LogP contribution is 2.12. The Bertz CT molecular complexity index is 381. The molecule has 1 aliphatic heterocycles. The van der Waals surface area contributed by atoms with Crippen LogP contribution in [-0.2, 0) is 17.9 Å². The molecule has 19 heavy (non-hydrogen) atoms. The molecule has 106 valence electrons. The first kappa shape index (κ1) is 14.5. The van der Waals surface area contributed by atoms with Gasteiger partial charge in [0, 0.05) is 25.7 Å². The van der Waals surface area contributed by atoms with Gasteiger partial charge in [-0.1, -0.05) is 24.3 Å². The van der Waals surface area contributed by atoms with Crippen molar-refractivity contribution in [2.45, 2.75) is 39.0 Å². The van der Waals surface area contributed by atoms with Crippen LogP contribution in [0.15, 0.2) is 24.3 Å². The van der Waals surface area contributed by atoms with Gasteiger partial charge in [0.15, 0.2) is 0 Å². The third-order valence-corrected chi connectivity index (χ3v) is 3.79. The van der Waals surface area contributed by atoms with Crippen LogP contribution in [0.4, 0.5) is 0 Å². The fraction of sp³-hybridized carbons (Fsp3) is 0.625. The molecular formula is C16H26N2O. The van der Waals surface area contributed by atoms with Crippen LogP contribution in [0.2, 0.25) is 0 Å². The van der Waals surface area contributed by atoms with Crippen molar-refractivity contribution in [2.24, 2.45) is 0 Å². The Labute approximate surface area is 116 Å². The summed E-state index contributed by atoms with van der Waals surface area (Å²) in [6.07, 6.45) is 2.59. The van der Waals surface area contributed by atoms with Crippen LogP contribution in [0.3, 0.4) is 0 Å². The van der Waals surface area contributed by atoms with Crippen molar-refractivity contribution in [3.05, 3.63) is 35.4 Å². The molecule has 3 heteroatoms. The van der Waals surface area contributed by atoms with Gasteiger partial charge >= 0.3 is 0 Å². The topological polar surface area (TPSA) is 24.5 Å². The number of likely N-dealkylation sites (N-methyl/N-ethyl adjacent to an activating group) is 1. The zero-order valence-electron chi connectivity index (χ0n) is 12.2.